The minimum absolute atomic E-state index is 0.0420. The van der Waals surface area contributed by atoms with E-state index in [2.05, 4.69) is 5.32 Å². The molecule has 2 rings (SSSR count). The van der Waals surface area contributed by atoms with Crippen LogP contribution in [-0.4, -0.2) is 33.1 Å². The molecule has 1 fully saturated rings. The molecule has 1 amide bonds. The van der Waals surface area contributed by atoms with Crippen LogP contribution in [0.3, 0.4) is 0 Å². The lowest BCUT2D eigenvalue weighted by Crippen LogP contribution is -2.46. The molecule has 1 unspecified atom stereocenters. The lowest BCUT2D eigenvalue weighted by atomic mass is 10.0. The molecule has 1 aromatic rings. The second kappa shape index (κ2) is 5.35. The second-order valence-corrected chi connectivity index (χ2v) is 7.77. The van der Waals surface area contributed by atoms with Crippen LogP contribution in [0.4, 0.5) is 0 Å². The largest absolute Gasteiger partial charge is 0.379 e. The highest BCUT2D eigenvalue weighted by Gasteiger charge is 2.31. The zero-order valence-corrected chi connectivity index (χ0v) is 12.8. The highest BCUT2D eigenvalue weighted by atomic mass is 35.7. The Morgan fingerprint density at radius 1 is 1.45 bits per heavy atom. The summed E-state index contributed by atoms with van der Waals surface area (Å²) in [5.74, 6) is -0.334. The monoisotopic (exact) mass is 317 g/mol. The Kier molecular flexibility index (Phi) is 4.09. The molecule has 0 aliphatic carbocycles. The number of carbonyl (C=O) groups excluding carboxylic acids is 1. The molecule has 1 aliphatic rings. The first-order valence-electron chi connectivity index (χ1n) is 6.17. The number of ether oxygens (including phenoxy) is 1. The van der Waals surface area contributed by atoms with Crippen LogP contribution < -0.4 is 5.32 Å². The van der Waals surface area contributed by atoms with Crippen molar-refractivity contribution < 1.29 is 17.9 Å². The summed E-state index contributed by atoms with van der Waals surface area (Å²) in [6.07, 6.45) is 0.727. The first kappa shape index (κ1) is 15.3. The van der Waals surface area contributed by atoms with Crippen molar-refractivity contribution in [3.05, 3.63) is 29.3 Å². The standard InChI is InChI=1S/C13H16ClNO4S/c1-9-3-4-10(7-11(9)20(14,17)18)12(16)15-13(2)5-6-19-8-13/h3-4,7H,5-6,8H2,1-2H3,(H,15,16). The smallest absolute Gasteiger partial charge is 0.261 e. The number of amides is 1. The van der Waals surface area contributed by atoms with Crippen LogP contribution in [0.15, 0.2) is 23.1 Å². The fourth-order valence-electron chi connectivity index (χ4n) is 2.12. The van der Waals surface area contributed by atoms with Gasteiger partial charge in [-0.1, -0.05) is 6.07 Å². The van der Waals surface area contributed by atoms with E-state index in [-0.39, 0.29) is 16.4 Å². The van der Waals surface area contributed by atoms with Gasteiger partial charge < -0.3 is 10.1 Å². The summed E-state index contributed by atoms with van der Waals surface area (Å²) in [7, 11) is 1.49. The van der Waals surface area contributed by atoms with Crippen LogP contribution in [0.1, 0.15) is 29.3 Å². The van der Waals surface area contributed by atoms with E-state index in [1.54, 1.807) is 19.1 Å². The fourth-order valence-corrected chi connectivity index (χ4v) is 3.33. The van der Waals surface area contributed by atoms with Crippen molar-refractivity contribution in [2.45, 2.75) is 30.7 Å². The summed E-state index contributed by atoms with van der Waals surface area (Å²) in [6.45, 7) is 4.58. The normalized spacial score (nSPS) is 22.8. The molecule has 7 heteroatoms. The van der Waals surface area contributed by atoms with Crippen molar-refractivity contribution in [1.82, 2.24) is 5.32 Å². The number of hydrogen-bond acceptors (Lipinski definition) is 4. The molecule has 0 spiro atoms. The molecule has 0 saturated carbocycles. The third-order valence-electron chi connectivity index (χ3n) is 3.35. The quantitative estimate of drug-likeness (QED) is 0.863. The predicted molar refractivity (Wildman–Crippen MR) is 75.5 cm³/mol. The van der Waals surface area contributed by atoms with Gasteiger partial charge in [0.15, 0.2) is 0 Å². The Balaban J connectivity index is 2.27. The number of nitrogens with one attached hydrogen (secondary N) is 1. The van der Waals surface area contributed by atoms with E-state index in [0.29, 0.717) is 18.8 Å². The van der Waals surface area contributed by atoms with Gasteiger partial charge in [0.2, 0.25) is 0 Å². The minimum Gasteiger partial charge on any atom is -0.379 e. The maximum Gasteiger partial charge on any atom is 0.261 e. The van der Waals surface area contributed by atoms with Crippen molar-refractivity contribution >= 4 is 25.6 Å². The lowest BCUT2D eigenvalue weighted by Gasteiger charge is -2.23. The summed E-state index contributed by atoms with van der Waals surface area (Å²) >= 11 is 0. The van der Waals surface area contributed by atoms with Gasteiger partial charge in [0.1, 0.15) is 0 Å². The maximum atomic E-state index is 12.2. The van der Waals surface area contributed by atoms with E-state index in [1.807, 2.05) is 6.92 Å². The molecule has 5 nitrogen and oxygen atoms in total. The minimum atomic E-state index is -3.86. The van der Waals surface area contributed by atoms with E-state index in [0.717, 1.165) is 6.42 Å². The topological polar surface area (TPSA) is 72.5 Å². The number of halogens is 1. The summed E-state index contributed by atoms with van der Waals surface area (Å²) in [5.41, 5.74) is 0.358. The SMILES string of the molecule is Cc1ccc(C(=O)NC2(C)CCOC2)cc1S(=O)(=O)Cl. The molecule has 110 valence electrons. The van der Waals surface area contributed by atoms with E-state index in [1.165, 1.54) is 6.07 Å². The van der Waals surface area contributed by atoms with E-state index >= 15 is 0 Å². The van der Waals surface area contributed by atoms with Crippen molar-refractivity contribution in [2.24, 2.45) is 0 Å². The zero-order chi connectivity index (χ0) is 15.0. The number of aryl methyl sites for hydroxylation is 1. The third-order valence-corrected chi connectivity index (χ3v) is 4.81. The molecule has 0 bridgehead atoms. The molecule has 1 heterocycles. The molecule has 0 aromatic heterocycles. The number of carbonyl (C=O) groups is 1. The molecule has 1 aliphatic heterocycles. The van der Waals surface area contributed by atoms with Crippen molar-refractivity contribution in [1.29, 1.82) is 0 Å². The third kappa shape index (κ3) is 3.31. The average Bonchev–Trinajstić information content (AvgIpc) is 2.74. The maximum absolute atomic E-state index is 12.2. The molecular weight excluding hydrogens is 302 g/mol. The van der Waals surface area contributed by atoms with Gasteiger partial charge in [0, 0.05) is 22.9 Å². The Morgan fingerprint density at radius 3 is 2.70 bits per heavy atom. The average molecular weight is 318 g/mol. The van der Waals surface area contributed by atoms with Gasteiger partial charge in [-0.15, -0.1) is 0 Å². The van der Waals surface area contributed by atoms with Gasteiger partial charge in [-0.25, -0.2) is 8.42 Å². The van der Waals surface area contributed by atoms with Crippen LogP contribution in [0, 0.1) is 6.92 Å². The molecule has 1 saturated heterocycles. The van der Waals surface area contributed by atoms with Crippen LogP contribution in [0.25, 0.3) is 0 Å². The van der Waals surface area contributed by atoms with Crippen molar-refractivity contribution in [3.63, 3.8) is 0 Å². The predicted octanol–water partition coefficient (Wildman–Crippen LogP) is 1.83. The Labute approximate surface area is 122 Å². The van der Waals surface area contributed by atoms with E-state index in [4.69, 9.17) is 15.4 Å². The Morgan fingerprint density at radius 2 is 2.15 bits per heavy atom. The first-order chi connectivity index (χ1) is 9.21. The van der Waals surface area contributed by atoms with Crippen molar-refractivity contribution in [2.75, 3.05) is 13.2 Å². The summed E-state index contributed by atoms with van der Waals surface area (Å²) < 4.78 is 28.2. The van der Waals surface area contributed by atoms with Gasteiger partial charge in [0.05, 0.1) is 17.0 Å². The highest BCUT2D eigenvalue weighted by Crippen LogP contribution is 2.22. The van der Waals surface area contributed by atoms with Crippen LogP contribution in [0.2, 0.25) is 0 Å². The van der Waals surface area contributed by atoms with E-state index < -0.39 is 14.6 Å². The molecule has 1 N–H and O–H groups in total. The van der Waals surface area contributed by atoms with Crippen LogP contribution in [-0.2, 0) is 13.8 Å². The fraction of sp³-hybridized carbons (Fsp3) is 0.462. The number of benzene rings is 1. The van der Waals surface area contributed by atoms with Gasteiger partial charge in [0.25, 0.3) is 15.0 Å². The second-order valence-electron chi connectivity index (χ2n) is 5.24. The molecular formula is C13H16ClNO4S. The lowest BCUT2D eigenvalue weighted by molar-refractivity contribution is 0.0889. The van der Waals surface area contributed by atoms with Gasteiger partial charge in [-0.05, 0) is 38.0 Å². The summed E-state index contributed by atoms with van der Waals surface area (Å²) in [6, 6.07) is 4.44. The Hall–Kier alpha value is -1.11. The van der Waals surface area contributed by atoms with Gasteiger partial charge in [-0.2, -0.15) is 0 Å². The van der Waals surface area contributed by atoms with Gasteiger partial charge >= 0.3 is 0 Å². The molecule has 1 atom stereocenters. The van der Waals surface area contributed by atoms with Gasteiger partial charge in [-0.3, -0.25) is 4.79 Å². The first-order valence-corrected chi connectivity index (χ1v) is 8.48. The van der Waals surface area contributed by atoms with Crippen LogP contribution in [0.5, 0.6) is 0 Å². The summed E-state index contributed by atoms with van der Waals surface area (Å²) in [5, 5.41) is 2.87. The Bertz CT molecular complexity index is 636. The zero-order valence-electron chi connectivity index (χ0n) is 11.3. The summed E-state index contributed by atoms with van der Waals surface area (Å²) in [4.78, 5) is 12.1. The van der Waals surface area contributed by atoms with Crippen LogP contribution >= 0.6 is 10.7 Å². The number of rotatable bonds is 3. The number of hydrogen-bond donors (Lipinski definition) is 1. The highest BCUT2D eigenvalue weighted by molar-refractivity contribution is 8.13. The van der Waals surface area contributed by atoms with E-state index in [9.17, 15) is 13.2 Å². The molecule has 0 radical (unpaired) electrons. The van der Waals surface area contributed by atoms with Crippen molar-refractivity contribution in [3.8, 4) is 0 Å². The molecule has 1 aromatic carbocycles. The molecule has 20 heavy (non-hydrogen) atoms.